The van der Waals surface area contributed by atoms with Crippen LogP contribution in [0.3, 0.4) is 0 Å². The Bertz CT molecular complexity index is 594. The molecule has 0 amide bonds. The molecule has 0 radical (unpaired) electrons. The van der Waals surface area contributed by atoms with Gasteiger partial charge in [0.05, 0.1) is 18.0 Å². The van der Waals surface area contributed by atoms with Crippen LogP contribution >= 0.6 is 24.2 Å². The van der Waals surface area contributed by atoms with Gasteiger partial charge in [0.2, 0.25) is 0 Å². The molecular weight excluding hydrogens is 322 g/mol. The first-order valence-corrected chi connectivity index (χ1v) is 8.43. The first-order chi connectivity index (χ1) is 10.3. The van der Waals surface area contributed by atoms with Gasteiger partial charge in [-0.3, -0.25) is 0 Å². The summed E-state index contributed by atoms with van der Waals surface area (Å²) in [5.41, 5.74) is 6.71. The molecule has 1 aliphatic rings. The smallest absolute Gasteiger partial charge is 0.191 e. The Kier molecular flexibility index (Phi) is 6.28. The quantitative estimate of drug-likeness (QED) is 0.840. The molecule has 0 atom stereocenters. The molecule has 0 spiro atoms. The Hall–Kier alpha value is -1.05. The summed E-state index contributed by atoms with van der Waals surface area (Å²) >= 11 is 1.60. The van der Waals surface area contributed by atoms with E-state index in [2.05, 4.69) is 21.4 Å². The molecular formula is C14H22ClN5OS. The van der Waals surface area contributed by atoms with E-state index in [1.807, 2.05) is 11.6 Å². The van der Waals surface area contributed by atoms with Gasteiger partial charge in [0.25, 0.3) is 0 Å². The number of aromatic nitrogens is 4. The van der Waals surface area contributed by atoms with Crippen molar-refractivity contribution >= 4 is 24.2 Å². The lowest BCUT2D eigenvalue weighted by molar-refractivity contribution is 0.365. The van der Waals surface area contributed by atoms with Crippen molar-refractivity contribution in [1.29, 1.82) is 0 Å². The summed E-state index contributed by atoms with van der Waals surface area (Å²) in [6.07, 6.45) is 6.45. The molecule has 6 nitrogen and oxygen atoms in total. The maximum atomic E-state index is 5.60. The second-order valence-electron chi connectivity index (χ2n) is 5.50. The van der Waals surface area contributed by atoms with E-state index in [1.54, 1.807) is 11.8 Å². The van der Waals surface area contributed by atoms with Crippen molar-refractivity contribution in [2.24, 2.45) is 12.8 Å². The average molecular weight is 344 g/mol. The van der Waals surface area contributed by atoms with Crippen molar-refractivity contribution in [2.45, 2.75) is 55.5 Å². The van der Waals surface area contributed by atoms with Crippen LogP contribution in [0.2, 0.25) is 0 Å². The highest BCUT2D eigenvalue weighted by atomic mass is 35.5. The summed E-state index contributed by atoms with van der Waals surface area (Å²) in [5.74, 6) is 2.99. The zero-order chi connectivity index (χ0) is 14.7. The van der Waals surface area contributed by atoms with Crippen LogP contribution in [0.4, 0.5) is 0 Å². The molecule has 1 fully saturated rings. The average Bonchev–Trinajstić information content (AvgIpc) is 3.13. The van der Waals surface area contributed by atoms with Gasteiger partial charge in [-0.2, -0.15) is 0 Å². The third-order valence-electron chi connectivity index (χ3n) is 4.05. The van der Waals surface area contributed by atoms with E-state index in [-0.39, 0.29) is 12.4 Å². The zero-order valence-electron chi connectivity index (χ0n) is 12.7. The molecule has 122 valence electrons. The molecule has 0 unspecified atom stereocenters. The number of hydrogen-bond acceptors (Lipinski definition) is 6. The highest BCUT2D eigenvalue weighted by Gasteiger charge is 2.19. The Labute approximate surface area is 140 Å². The Morgan fingerprint density at radius 1 is 1.32 bits per heavy atom. The van der Waals surface area contributed by atoms with E-state index >= 15 is 0 Å². The van der Waals surface area contributed by atoms with Gasteiger partial charge in [-0.25, -0.2) is 0 Å². The lowest BCUT2D eigenvalue weighted by Gasteiger charge is -2.18. The molecule has 2 heterocycles. The topological polar surface area (TPSA) is 82.8 Å². The van der Waals surface area contributed by atoms with Crippen LogP contribution in [0.15, 0.2) is 15.7 Å². The fraction of sp³-hybridized carbons (Fsp3) is 0.643. The lowest BCUT2D eigenvalue weighted by Crippen LogP contribution is -2.05. The summed E-state index contributed by atoms with van der Waals surface area (Å²) in [5, 5.41) is 13.3. The van der Waals surface area contributed by atoms with Crippen molar-refractivity contribution in [1.82, 2.24) is 19.9 Å². The first kappa shape index (κ1) is 17.3. The predicted molar refractivity (Wildman–Crippen MR) is 88.0 cm³/mol. The maximum Gasteiger partial charge on any atom is 0.191 e. The molecule has 0 saturated heterocycles. The van der Waals surface area contributed by atoms with Crippen LogP contribution in [0.1, 0.15) is 55.3 Å². The minimum atomic E-state index is 0. The molecule has 22 heavy (non-hydrogen) atoms. The van der Waals surface area contributed by atoms with E-state index in [0.29, 0.717) is 12.5 Å². The molecule has 0 aromatic carbocycles. The van der Waals surface area contributed by atoms with Crippen molar-refractivity contribution in [3.8, 4) is 0 Å². The minimum absolute atomic E-state index is 0. The summed E-state index contributed by atoms with van der Waals surface area (Å²) in [4.78, 5) is 0. The molecule has 8 heteroatoms. The van der Waals surface area contributed by atoms with Crippen molar-refractivity contribution in [2.75, 3.05) is 0 Å². The van der Waals surface area contributed by atoms with E-state index in [1.165, 1.54) is 32.1 Å². The summed E-state index contributed by atoms with van der Waals surface area (Å²) in [6.45, 7) is 0.401. The monoisotopic (exact) mass is 343 g/mol. The van der Waals surface area contributed by atoms with Gasteiger partial charge in [-0.05, 0) is 12.8 Å². The number of halogens is 1. The van der Waals surface area contributed by atoms with Gasteiger partial charge >= 0.3 is 0 Å². The molecule has 0 aliphatic heterocycles. The van der Waals surface area contributed by atoms with E-state index < -0.39 is 0 Å². The van der Waals surface area contributed by atoms with Gasteiger partial charge in [-0.15, -0.1) is 22.6 Å². The normalized spacial score (nSPS) is 15.7. The number of thioether (sulfide) groups is 1. The fourth-order valence-corrected chi connectivity index (χ4v) is 3.58. The van der Waals surface area contributed by atoms with Crippen LogP contribution in [0, 0.1) is 0 Å². The Morgan fingerprint density at radius 3 is 2.77 bits per heavy atom. The SMILES string of the molecule is Cl.Cn1c(CN)nnc1SCc1cc(C2CCCCC2)no1. The van der Waals surface area contributed by atoms with Crippen molar-refractivity contribution in [3.63, 3.8) is 0 Å². The van der Waals surface area contributed by atoms with E-state index in [9.17, 15) is 0 Å². The van der Waals surface area contributed by atoms with Gasteiger partial charge in [0, 0.05) is 19.0 Å². The number of nitrogens with zero attached hydrogens (tertiary/aromatic N) is 4. The third kappa shape index (κ3) is 3.83. The van der Waals surface area contributed by atoms with Crippen LogP contribution in [0.25, 0.3) is 0 Å². The number of rotatable bonds is 5. The number of nitrogens with two attached hydrogens (primary N) is 1. The van der Waals surface area contributed by atoms with Crippen LogP contribution in [-0.2, 0) is 19.3 Å². The van der Waals surface area contributed by atoms with Crippen LogP contribution < -0.4 is 5.73 Å². The van der Waals surface area contributed by atoms with Gasteiger partial charge in [0.1, 0.15) is 11.6 Å². The van der Waals surface area contributed by atoms with E-state index in [0.717, 1.165) is 28.2 Å². The third-order valence-corrected chi connectivity index (χ3v) is 5.09. The lowest BCUT2D eigenvalue weighted by atomic mass is 9.87. The minimum Gasteiger partial charge on any atom is -0.360 e. The predicted octanol–water partition coefficient (Wildman–Crippen LogP) is 3.02. The Balaban J connectivity index is 0.00000176. The van der Waals surface area contributed by atoms with Gasteiger partial charge in [0.15, 0.2) is 5.16 Å². The fourth-order valence-electron chi connectivity index (χ4n) is 2.77. The summed E-state index contributed by atoms with van der Waals surface area (Å²) in [7, 11) is 1.93. The van der Waals surface area contributed by atoms with Crippen molar-refractivity contribution < 1.29 is 4.52 Å². The standard InChI is InChI=1S/C14H21N5OS.ClH/c1-19-13(8-15)16-17-14(19)21-9-11-7-12(18-20-11)10-5-3-2-4-6-10;/h7,10H,2-6,8-9,15H2,1H3;1H. The van der Waals surface area contributed by atoms with E-state index in [4.69, 9.17) is 10.3 Å². The molecule has 2 aromatic rings. The highest BCUT2D eigenvalue weighted by Crippen LogP contribution is 2.33. The maximum absolute atomic E-state index is 5.60. The molecule has 0 bridgehead atoms. The zero-order valence-corrected chi connectivity index (χ0v) is 14.3. The first-order valence-electron chi connectivity index (χ1n) is 7.44. The second kappa shape index (κ2) is 7.99. The van der Waals surface area contributed by atoms with Crippen LogP contribution in [-0.4, -0.2) is 19.9 Å². The van der Waals surface area contributed by atoms with Crippen LogP contribution in [0.5, 0.6) is 0 Å². The summed E-state index contributed by atoms with van der Waals surface area (Å²) in [6, 6.07) is 2.10. The molecule has 2 N–H and O–H groups in total. The molecule has 3 rings (SSSR count). The highest BCUT2D eigenvalue weighted by molar-refractivity contribution is 7.98. The Morgan fingerprint density at radius 2 is 2.09 bits per heavy atom. The van der Waals surface area contributed by atoms with Gasteiger partial charge in [-0.1, -0.05) is 36.2 Å². The largest absolute Gasteiger partial charge is 0.360 e. The van der Waals surface area contributed by atoms with Crippen molar-refractivity contribution in [3.05, 3.63) is 23.3 Å². The molecule has 1 aliphatic carbocycles. The molecule has 2 aromatic heterocycles. The molecule has 1 saturated carbocycles. The summed E-state index contributed by atoms with van der Waals surface area (Å²) < 4.78 is 7.38. The number of hydrogen-bond donors (Lipinski definition) is 1. The second-order valence-corrected chi connectivity index (χ2v) is 6.45. The van der Waals surface area contributed by atoms with Gasteiger partial charge < -0.3 is 14.8 Å².